The zero-order chi connectivity index (χ0) is 22.4. The maximum atomic E-state index is 11.5. The number of esters is 1. The maximum Gasteiger partial charge on any atom is 0.302 e. The minimum absolute atomic E-state index is 0.103. The Balaban J connectivity index is 1.47. The van der Waals surface area contributed by atoms with Crippen LogP contribution >= 0.6 is 0 Å². The molecule has 0 aromatic carbocycles. The molecular weight excluding hydrogens is 380 g/mol. The Morgan fingerprint density at radius 1 is 1.03 bits per heavy atom. The molecule has 31 heavy (non-hydrogen) atoms. The smallest absolute Gasteiger partial charge is 0.302 e. The second-order valence-electron chi connectivity index (χ2n) is 12.8. The standard InChI is InChI=1S/C29H48O2/c1-19(2)8-7-9-20(3)25-12-13-26-24-11-10-22-18-23(31-21(4)30)14-16-28(22,5)27(24)15-17-29(25,26)6/h11,19-20,22-23,25-27H,7-10,12-18H2,1-6H3/t20-,22?,23+,25-,26+,27+,28+,29-/m1/s1. The topological polar surface area (TPSA) is 26.3 Å². The molecule has 4 rings (SSSR count). The van der Waals surface area contributed by atoms with Crippen LogP contribution in [0.25, 0.3) is 0 Å². The fourth-order valence-electron chi connectivity index (χ4n) is 8.84. The van der Waals surface area contributed by atoms with Crippen LogP contribution in [0.3, 0.4) is 0 Å². The Bertz CT molecular complexity index is 693. The SMILES string of the molecule is CC(=O)O[C@H]1CC[C@@]2(C)C(CC=C3[C@@H]4CC[C@H]([C@H](C)CCCC(C)C)[C@@]4(C)CC[C@@H]32)C1. The summed E-state index contributed by atoms with van der Waals surface area (Å²) in [5.41, 5.74) is 2.80. The maximum absolute atomic E-state index is 11.5. The normalized spacial score (nSPS) is 42.9. The van der Waals surface area contributed by atoms with Crippen molar-refractivity contribution in [2.75, 3.05) is 0 Å². The lowest BCUT2D eigenvalue weighted by Crippen LogP contribution is -2.50. The highest BCUT2D eigenvalue weighted by molar-refractivity contribution is 5.66. The predicted molar refractivity (Wildman–Crippen MR) is 129 cm³/mol. The Labute approximate surface area is 192 Å². The summed E-state index contributed by atoms with van der Waals surface area (Å²) in [5.74, 6) is 4.81. The van der Waals surface area contributed by atoms with Crippen LogP contribution in [0.15, 0.2) is 11.6 Å². The van der Waals surface area contributed by atoms with E-state index in [1.807, 2.05) is 5.57 Å². The van der Waals surface area contributed by atoms with Gasteiger partial charge in [-0.25, -0.2) is 0 Å². The summed E-state index contributed by atoms with van der Waals surface area (Å²) in [7, 11) is 0. The van der Waals surface area contributed by atoms with Crippen molar-refractivity contribution in [1.82, 2.24) is 0 Å². The molecule has 0 N–H and O–H groups in total. The Morgan fingerprint density at radius 2 is 1.74 bits per heavy atom. The van der Waals surface area contributed by atoms with Crippen LogP contribution in [0, 0.1) is 46.3 Å². The van der Waals surface area contributed by atoms with E-state index < -0.39 is 0 Å². The van der Waals surface area contributed by atoms with Gasteiger partial charge >= 0.3 is 5.97 Å². The summed E-state index contributed by atoms with van der Waals surface area (Å²) in [6, 6.07) is 0. The quantitative estimate of drug-likeness (QED) is 0.317. The van der Waals surface area contributed by atoms with Crippen molar-refractivity contribution < 1.29 is 9.53 Å². The van der Waals surface area contributed by atoms with E-state index in [1.54, 1.807) is 6.92 Å². The number of hydrogen-bond donors (Lipinski definition) is 0. The van der Waals surface area contributed by atoms with Crippen LogP contribution in [0.5, 0.6) is 0 Å². The highest BCUT2D eigenvalue weighted by Crippen LogP contribution is 2.67. The number of allylic oxidation sites excluding steroid dienone is 2. The molecule has 0 saturated heterocycles. The average molecular weight is 429 g/mol. The first-order chi connectivity index (χ1) is 14.6. The van der Waals surface area contributed by atoms with Crippen molar-refractivity contribution in [2.45, 2.75) is 118 Å². The van der Waals surface area contributed by atoms with Gasteiger partial charge in [0, 0.05) is 6.92 Å². The molecule has 2 heteroatoms. The molecule has 1 unspecified atom stereocenters. The molecule has 0 aliphatic heterocycles. The highest BCUT2D eigenvalue weighted by Gasteiger charge is 2.58. The van der Waals surface area contributed by atoms with E-state index in [2.05, 4.69) is 40.7 Å². The fourth-order valence-corrected chi connectivity index (χ4v) is 8.84. The van der Waals surface area contributed by atoms with Crippen molar-refractivity contribution in [3.05, 3.63) is 11.6 Å². The number of ether oxygens (including phenoxy) is 1. The zero-order valence-corrected chi connectivity index (χ0v) is 21.2. The van der Waals surface area contributed by atoms with Gasteiger partial charge in [-0.1, -0.05) is 65.5 Å². The first-order valence-corrected chi connectivity index (χ1v) is 13.5. The van der Waals surface area contributed by atoms with Crippen LogP contribution in [-0.2, 0) is 9.53 Å². The molecule has 0 aromatic heterocycles. The summed E-state index contributed by atoms with van der Waals surface area (Å²) < 4.78 is 5.63. The van der Waals surface area contributed by atoms with Crippen molar-refractivity contribution in [2.24, 2.45) is 46.3 Å². The molecule has 0 bridgehead atoms. The molecular formula is C29H48O2. The number of carbonyl (C=O) groups is 1. The van der Waals surface area contributed by atoms with E-state index in [0.717, 1.165) is 42.4 Å². The molecule has 4 aliphatic rings. The van der Waals surface area contributed by atoms with E-state index >= 15 is 0 Å². The predicted octanol–water partition coefficient (Wildman–Crippen LogP) is 7.96. The monoisotopic (exact) mass is 428 g/mol. The lowest BCUT2D eigenvalue weighted by atomic mass is 9.47. The van der Waals surface area contributed by atoms with Gasteiger partial charge in [-0.2, -0.15) is 0 Å². The largest absolute Gasteiger partial charge is 0.463 e. The molecule has 8 atom stereocenters. The molecule has 0 radical (unpaired) electrons. The zero-order valence-electron chi connectivity index (χ0n) is 21.2. The second-order valence-corrected chi connectivity index (χ2v) is 12.8. The van der Waals surface area contributed by atoms with Gasteiger partial charge in [0.15, 0.2) is 0 Å². The molecule has 176 valence electrons. The molecule has 4 aliphatic carbocycles. The van der Waals surface area contributed by atoms with Crippen LogP contribution in [0.4, 0.5) is 0 Å². The van der Waals surface area contributed by atoms with Gasteiger partial charge in [0.2, 0.25) is 0 Å². The van der Waals surface area contributed by atoms with E-state index in [4.69, 9.17) is 4.74 Å². The van der Waals surface area contributed by atoms with Crippen LogP contribution < -0.4 is 0 Å². The first kappa shape index (κ1) is 23.4. The van der Waals surface area contributed by atoms with Gasteiger partial charge in [0.1, 0.15) is 6.10 Å². The van der Waals surface area contributed by atoms with Crippen LogP contribution in [0.1, 0.15) is 112 Å². The van der Waals surface area contributed by atoms with Crippen molar-refractivity contribution in [1.29, 1.82) is 0 Å². The minimum atomic E-state index is -0.103. The second kappa shape index (κ2) is 8.86. The summed E-state index contributed by atoms with van der Waals surface area (Å²) in [6.07, 6.45) is 17.3. The van der Waals surface area contributed by atoms with E-state index in [9.17, 15) is 4.79 Å². The van der Waals surface area contributed by atoms with Gasteiger partial charge < -0.3 is 4.74 Å². The number of carbonyl (C=O) groups excluding carboxylic acids is 1. The van der Waals surface area contributed by atoms with Crippen LogP contribution in [-0.4, -0.2) is 12.1 Å². The molecule has 0 heterocycles. The molecule has 0 aromatic rings. The lowest BCUT2D eigenvalue weighted by molar-refractivity contribution is -0.152. The van der Waals surface area contributed by atoms with Gasteiger partial charge in [-0.3, -0.25) is 4.79 Å². The molecule has 2 nitrogen and oxygen atoms in total. The van der Waals surface area contributed by atoms with E-state index in [-0.39, 0.29) is 12.1 Å². The Morgan fingerprint density at radius 3 is 2.45 bits per heavy atom. The fraction of sp³-hybridized carbons (Fsp3) is 0.897. The van der Waals surface area contributed by atoms with Crippen molar-refractivity contribution in [3.63, 3.8) is 0 Å². The Hall–Kier alpha value is -0.790. The average Bonchev–Trinajstić information content (AvgIpc) is 3.05. The van der Waals surface area contributed by atoms with Crippen LogP contribution in [0.2, 0.25) is 0 Å². The van der Waals surface area contributed by atoms with Gasteiger partial charge in [-0.15, -0.1) is 0 Å². The van der Waals surface area contributed by atoms with E-state index in [1.165, 1.54) is 57.8 Å². The number of fused-ring (bicyclic) bond motifs is 5. The summed E-state index contributed by atoms with van der Waals surface area (Å²) in [4.78, 5) is 11.5. The van der Waals surface area contributed by atoms with Crippen molar-refractivity contribution >= 4 is 5.97 Å². The summed E-state index contributed by atoms with van der Waals surface area (Å²) in [5, 5.41) is 0. The minimum Gasteiger partial charge on any atom is -0.463 e. The Kier molecular flexibility index (Phi) is 6.68. The number of hydrogen-bond acceptors (Lipinski definition) is 2. The van der Waals surface area contributed by atoms with E-state index in [0.29, 0.717) is 16.7 Å². The third kappa shape index (κ3) is 4.26. The molecule has 0 spiro atoms. The molecule has 3 saturated carbocycles. The lowest BCUT2D eigenvalue weighted by Gasteiger charge is -2.58. The number of rotatable bonds is 6. The first-order valence-electron chi connectivity index (χ1n) is 13.5. The summed E-state index contributed by atoms with van der Waals surface area (Å²) in [6.45, 7) is 14.1. The van der Waals surface area contributed by atoms with Gasteiger partial charge in [0.05, 0.1) is 0 Å². The van der Waals surface area contributed by atoms with Crippen molar-refractivity contribution in [3.8, 4) is 0 Å². The van der Waals surface area contributed by atoms with Gasteiger partial charge in [0.25, 0.3) is 0 Å². The third-order valence-electron chi connectivity index (χ3n) is 10.6. The molecule has 0 amide bonds. The van der Waals surface area contributed by atoms with Gasteiger partial charge in [-0.05, 0) is 97.7 Å². The molecule has 3 fully saturated rings. The highest BCUT2D eigenvalue weighted by atomic mass is 16.5. The third-order valence-corrected chi connectivity index (χ3v) is 10.6. The summed E-state index contributed by atoms with van der Waals surface area (Å²) >= 11 is 0.